The molecular weight excluding hydrogens is 444 g/mol. The SMILES string of the molecule is CN(Cc1ccccc1)CC1CCN(CC(=O)Nc2cccc(C(=O)N3CCSCC3)c2)CC1. The molecule has 0 bridgehead atoms. The normalized spacial score (nSPS) is 17.6. The maximum atomic E-state index is 12.8. The Bertz CT molecular complexity index is 941. The van der Waals surface area contributed by atoms with Gasteiger partial charge in [-0.2, -0.15) is 11.8 Å². The number of rotatable bonds is 8. The fourth-order valence-corrected chi connectivity index (χ4v) is 5.71. The number of carbonyl (C=O) groups is 2. The van der Waals surface area contributed by atoms with Gasteiger partial charge >= 0.3 is 0 Å². The zero-order valence-electron chi connectivity index (χ0n) is 20.1. The van der Waals surface area contributed by atoms with Gasteiger partial charge in [0.05, 0.1) is 6.54 Å². The largest absolute Gasteiger partial charge is 0.337 e. The highest BCUT2D eigenvalue weighted by atomic mass is 32.2. The average molecular weight is 481 g/mol. The van der Waals surface area contributed by atoms with E-state index in [4.69, 9.17) is 0 Å². The van der Waals surface area contributed by atoms with Gasteiger partial charge in [0.2, 0.25) is 5.91 Å². The minimum atomic E-state index is -0.0152. The Morgan fingerprint density at radius 2 is 1.74 bits per heavy atom. The van der Waals surface area contributed by atoms with Crippen molar-refractivity contribution in [2.75, 3.05) is 63.1 Å². The molecule has 0 saturated carbocycles. The van der Waals surface area contributed by atoms with Crippen LogP contribution in [0.1, 0.15) is 28.8 Å². The standard InChI is InChI=1S/C27H36N4O2S/c1-29(19-22-6-3-2-4-7-22)20-23-10-12-30(13-11-23)21-26(32)28-25-9-5-8-24(18-25)27(33)31-14-16-34-17-15-31/h2-9,18,23H,10-17,19-21H2,1H3,(H,28,32). The molecule has 182 valence electrons. The van der Waals surface area contributed by atoms with Crippen LogP contribution < -0.4 is 5.32 Å². The highest BCUT2D eigenvalue weighted by molar-refractivity contribution is 7.99. The minimum Gasteiger partial charge on any atom is -0.337 e. The van der Waals surface area contributed by atoms with Crippen molar-refractivity contribution >= 4 is 29.3 Å². The highest BCUT2D eigenvalue weighted by Crippen LogP contribution is 2.20. The van der Waals surface area contributed by atoms with Crippen LogP contribution in [0.3, 0.4) is 0 Å². The second kappa shape index (κ2) is 12.4. The monoisotopic (exact) mass is 480 g/mol. The fourth-order valence-electron chi connectivity index (χ4n) is 4.81. The number of amides is 2. The first-order valence-corrected chi connectivity index (χ1v) is 13.4. The van der Waals surface area contributed by atoms with Crippen molar-refractivity contribution in [1.82, 2.24) is 14.7 Å². The first kappa shape index (κ1) is 24.8. The molecule has 1 N–H and O–H groups in total. The Hall–Kier alpha value is -2.35. The van der Waals surface area contributed by atoms with E-state index in [2.05, 4.69) is 52.5 Å². The van der Waals surface area contributed by atoms with Gasteiger partial charge in [-0.05, 0) is 62.7 Å². The molecule has 2 amide bonds. The number of benzene rings is 2. The Morgan fingerprint density at radius 3 is 2.47 bits per heavy atom. The van der Waals surface area contributed by atoms with Crippen LogP contribution in [-0.4, -0.2) is 84.3 Å². The summed E-state index contributed by atoms with van der Waals surface area (Å²) >= 11 is 1.88. The van der Waals surface area contributed by atoms with Crippen LogP contribution in [0, 0.1) is 5.92 Å². The summed E-state index contributed by atoms with van der Waals surface area (Å²) in [5.41, 5.74) is 2.68. The van der Waals surface area contributed by atoms with Gasteiger partial charge in [-0.25, -0.2) is 0 Å². The number of anilines is 1. The molecule has 0 aliphatic carbocycles. The van der Waals surface area contributed by atoms with Crippen LogP contribution in [0.5, 0.6) is 0 Å². The fraction of sp³-hybridized carbons (Fsp3) is 0.481. The van der Waals surface area contributed by atoms with E-state index in [1.165, 1.54) is 5.56 Å². The van der Waals surface area contributed by atoms with Crippen molar-refractivity contribution in [2.45, 2.75) is 19.4 Å². The van der Waals surface area contributed by atoms with E-state index in [-0.39, 0.29) is 11.8 Å². The molecule has 2 aromatic carbocycles. The smallest absolute Gasteiger partial charge is 0.253 e. The number of nitrogens with zero attached hydrogens (tertiary/aromatic N) is 3. The summed E-state index contributed by atoms with van der Waals surface area (Å²) in [6.45, 7) is 5.93. The van der Waals surface area contributed by atoms with E-state index in [1.54, 1.807) is 6.07 Å². The van der Waals surface area contributed by atoms with Gasteiger partial charge in [0.15, 0.2) is 0 Å². The van der Waals surface area contributed by atoms with Crippen molar-refractivity contribution in [3.63, 3.8) is 0 Å². The van der Waals surface area contributed by atoms with Gasteiger partial charge in [0.25, 0.3) is 5.91 Å². The molecule has 6 nitrogen and oxygen atoms in total. The van der Waals surface area contributed by atoms with Crippen molar-refractivity contribution < 1.29 is 9.59 Å². The number of carbonyl (C=O) groups excluding carboxylic acids is 2. The molecule has 0 aromatic heterocycles. The average Bonchev–Trinajstić information content (AvgIpc) is 2.86. The minimum absolute atomic E-state index is 0.0152. The summed E-state index contributed by atoms with van der Waals surface area (Å²) < 4.78 is 0. The number of hydrogen-bond acceptors (Lipinski definition) is 5. The molecule has 7 heteroatoms. The predicted molar refractivity (Wildman–Crippen MR) is 140 cm³/mol. The van der Waals surface area contributed by atoms with Crippen molar-refractivity contribution in [1.29, 1.82) is 0 Å². The van der Waals surface area contributed by atoms with Gasteiger partial charge in [-0.15, -0.1) is 0 Å². The first-order chi connectivity index (χ1) is 16.6. The van der Waals surface area contributed by atoms with Crippen molar-refractivity contribution in [2.24, 2.45) is 5.92 Å². The third-order valence-electron chi connectivity index (χ3n) is 6.63. The molecule has 4 rings (SSSR count). The third kappa shape index (κ3) is 7.32. The van der Waals surface area contributed by atoms with Crippen LogP contribution in [-0.2, 0) is 11.3 Å². The van der Waals surface area contributed by atoms with E-state index in [0.29, 0.717) is 23.7 Å². The lowest BCUT2D eigenvalue weighted by atomic mass is 9.96. The second-order valence-electron chi connectivity index (χ2n) is 9.44. The van der Waals surface area contributed by atoms with Crippen molar-refractivity contribution in [3.8, 4) is 0 Å². The van der Waals surface area contributed by atoms with E-state index < -0.39 is 0 Å². The number of likely N-dealkylation sites (tertiary alicyclic amines) is 1. The Labute approximate surface area is 207 Å². The quantitative estimate of drug-likeness (QED) is 0.625. The number of thioether (sulfide) groups is 1. The van der Waals surface area contributed by atoms with E-state index in [0.717, 1.165) is 63.6 Å². The number of piperidine rings is 1. The van der Waals surface area contributed by atoms with E-state index in [1.807, 2.05) is 34.9 Å². The molecule has 0 spiro atoms. The molecule has 0 radical (unpaired) electrons. The summed E-state index contributed by atoms with van der Waals surface area (Å²) in [5.74, 6) is 2.68. The molecular formula is C27H36N4O2S. The first-order valence-electron chi connectivity index (χ1n) is 12.3. The molecule has 2 heterocycles. The summed E-state index contributed by atoms with van der Waals surface area (Å²) in [5, 5.41) is 2.99. The van der Waals surface area contributed by atoms with E-state index in [9.17, 15) is 9.59 Å². The Balaban J connectivity index is 1.20. The number of nitrogens with one attached hydrogen (secondary N) is 1. The summed E-state index contributed by atoms with van der Waals surface area (Å²) in [4.78, 5) is 32.0. The van der Waals surface area contributed by atoms with Gasteiger partial charge in [0.1, 0.15) is 0 Å². The molecule has 2 aromatic rings. The second-order valence-corrected chi connectivity index (χ2v) is 10.7. The van der Waals surface area contributed by atoms with Crippen LogP contribution in [0.15, 0.2) is 54.6 Å². The lowest BCUT2D eigenvalue weighted by Crippen LogP contribution is -2.41. The van der Waals surface area contributed by atoms with Crippen molar-refractivity contribution in [3.05, 3.63) is 65.7 Å². The van der Waals surface area contributed by atoms with Gasteiger partial charge in [-0.1, -0.05) is 36.4 Å². The van der Waals surface area contributed by atoms with Crippen LogP contribution >= 0.6 is 11.8 Å². The maximum Gasteiger partial charge on any atom is 0.253 e. The highest BCUT2D eigenvalue weighted by Gasteiger charge is 2.22. The topological polar surface area (TPSA) is 55.9 Å². The lowest BCUT2D eigenvalue weighted by molar-refractivity contribution is -0.117. The van der Waals surface area contributed by atoms with Crippen LogP contribution in [0.4, 0.5) is 5.69 Å². The molecule has 2 aliphatic rings. The summed E-state index contributed by atoms with van der Waals surface area (Å²) in [7, 11) is 2.19. The molecule has 0 atom stereocenters. The van der Waals surface area contributed by atoms with Gasteiger partial charge in [0, 0.05) is 48.9 Å². The van der Waals surface area contributed by atoms with Gasteiger partial charge < -0.3 is 15.1 Å². The predicted octanol–water partition coefficient (Wildman–Crippen LogP) is 3.66. The molecule has 0 unspecified atom stereocenters. The molecule has 2 fully saturated rings. The zero-order valence-corrected chi connectivity index (χ0v) is 20.9. The molecule has 2 saturated heterocycles. The van der Waals surface area contributed by atoms with Gasteiger partial charge in [-0.3, -0.25) is 14.5 Å². The molecule has 2 aliphatic heterocycles. The number of hydrogen-bond donors (Lipinski definition) is 1. The lowest BCUT2D eigenvalue weighted by Gasteiger charge is -2.33. The third-order valence-corrected chi connectivity index (χ3v) is 7.57. The van der Waals surface area contributed by atoms with Crippen LogP contribution in [0.2, 0.25) is 0 Å². The summed E-state index contributed by atoms with van der Waals surface area (Å²) in [6.07, 6.45) is 2.23. The summed E-state index contributed by atoms with van der Waals surface area (Å²) in [6, 6.07) is 17.9. The Kier molecular flexibility index (Phi) is 9.02. The molecule has 34 heavy (non-hydrogen) atoms. The Morgan fingerprint density at radius 1 is 1.00 bits per heavy atom. The van der Waals surface area contributed by atoms with Crippen LogP contribution in [0.25, 0.3) is 0 Å². The maximum absolute atomic E-state index is 12.8. The van der Waals surface area contributed by atoms with E-state index >= 15 is 0 Å². The zero-order chi connectivity index (χ0) is 23.8.